The van der Waals surface area contributed by atoms with Gasteiger partial charge in [0.2, 0.25) is 0 Å². The number of ether oxygens (including phenoxy) is 2. The first-order valence-electron chi connectivity index (χ1n) is 8.02. The topological polar surface area (TPSA) is 81.1 Å². The number of para-hydroxylation sites is 1. The fourth-order valence-corrected chi connectivity index (χ4v) is 2.29. The van der Waals surface area contributed by atoms with E-state index in [-0.39, 0.29) is 18.5 Å². The van der Waals surface area contributed by atoms with Crippen LogP contribution in [0.2, 0.25) is 0 Å². The number of carbonyl (C=O) groups excluding carboxylic acids is 2. The van der Waals surface area contributed by atoms with Crippen LogP contribution in [-0.2, 0) is 11.3 Å². The van der Waals surface area contributed by atoms with E-state index >= 15 is 0 Å². The molecule has 3 amide bonds. The molecule has 1 unspecified atom stereocenters. The quantitative estimate of drug-likeness (QED) is 0.639. The smallest absolute Gasteiger partial charge is 0.321 e. The lowest BCUT2D eigenvalue weighted by Crippen LogP contribution is -3.09. The zero-order valence-electron chi connectivity index (χ0n) is 15.1. The van der Waals surface area contributed by atoms with Crippen molar-refractivity contribution >= 4 is 11.9 Å². The van der Waals surface area contributed by atoms with E-state index in [0.29, 0.717) is 18.0 Å². The highest BCUT2D eigenvalue weighted by Gasteiger charge is 2.17. The van der Waals surface area contributed by atoms with Crippen LogP contribution >= 0.6 is 0 Å². The lowest BCUT2D eigenvalue weighted by Gasteiger charge is -2.17. The van der Waals surface area contributed by atoms with Crippen molar-refractivity contribution in [1.29, 1.82) is 0 Å². The van der Waals surface area contributed by atoms with E-state index in [1.54, 1.807) is 14.2 Å². The van der Waals surface area contributed by atoms with Crippen molar-refractivity contribution in [2.24, 2.45) is 0 Å². The van der Waals surface area contributed by atoms with Gasteiger partial charge in [-0.25, -0.2) is 4.79 Å². The lowest BCUT2D eigenvalue weighted by molar-refractivity contribution is -0.885. The summed E-state index contributed by atoms with van der Waals surface area (Å²) in [5.41, 5.74) is 0.936. The highest BCUT2D eigenvalue weighted by molar-refractivity contribution is 5.94. The Balaban J connectivity index is 2.59. The van der Waals surface area contributed by atoms with Crippen molar-refractivity contribution in [3.63, 3.8) is 0 Å². The molecule has 1 aromatic carbocycles. The second kappa shape index (κ2) is 9.77. The number of likely N-dealkylation sites (N-methyl/N-ethyl adjacent to an activating group) is 1. The van der Waals surface area contributed by atoms with Gasteiger partial charge in [-0.15, -0.1) is 0 Å². The van der Waals surface area contributed by atoms with Crippen LogP contribution in [0.5, 0.6) is 11.5 Å². The standard InChI is InChI=1S/C17H27N3O4/c1-6-12(2)18-17(22)19-15(21)11-20(3)10-13-8-7-9-14(23-4)16(13)24-5/h7-9,12H,6,10-11H2,1-5H3,(H2,18,19,21,22)/p+1/t12-/m0/s1. The average Bonchev–Trinajstić information content (AvgIpc) is 2.53. The van der Waals surface area contributed by atoms with E-state index in [1.165, 1.54) is 0 Å². The molecule has 1 rings (SSSR count). The minimum absolute atomic E-state index is 0.0314. The number of quaternary nitrogens is 1. The largest absolute Gasteiger partial charge is 0.493 e. The van der Waals surface area contributed by atoms with E-state index < -0.39 is 6.03 Å². The van der Waals surface area contributed by atoms with E-state index in [0.717, 1.165) is 16.9 Å². The maximum atomic E-state index is 12.0. The number of nitrogens with one attached hydrogen (secondary N) is 3. The van der Waals surface area contributed by atoms with E-state index in [4.69, 9.17) is 9.47 Å². The molecule has 1 aromatic rings. The third-order valence-electron chi connectivity index (χ3n) is 3.68. The fourth-order valence-electron chi connectivity index (χ4n) is 2.29. The van der Waals surface area contributed by atoms with Crippen LogP contribution in [-0.4, -0.2) is 45.8 Å². The summed E-state index contributed by atoms with van der Waals surface area (Å²) >= 11 is 0. The number of carbonyl (C=O) groups is 2. The third kappa shape index (κ3) is 6.08. The molecule has 24 heavy (non-hydrogen) atoms. The van der Waals surface area contributed by atoms with Crippen LogP contribution < -0.4 is 25.0 Å². The molecule has 0 fully saturated rings. The van der Waals surface area contributed by atoms with Gasteiger partial charge in [0, 0.05) is 6.04 Å². The molecule has 0 aliphatic heterocycles. The van der Waals surface area contributed by atoms with Crippen molar-refractivity contribution in [3.05, 3.63) is 23.8 Å². The van der Waals surface area contributed by atoms with E-state index in [1.807, 2.05) is 39.1 Å². The molecule has 0 radical (unpaired) electrons. The predicted molar refractivity (Wildman–Crippen MR) is 91.4 cm³/mol. The Hall–Kier alpha value is -2.28. The van der Waals surface area contributed by atoms with E-state index in [9.17, 15) is 9.59 Å². The minimum Gasteiger partial charge on any atom is -0.493 e. The molecule has 0 spiro atoms. The fraction of sp³-hybridized carbons (Fsp3) is 0.529. The first-order chi connectivity index (χ1) is 11.4. The number of benzene rings is 1. The van der Waals surface area contributed by atoms with Crippen LogP contribution in [0.15, 0.2) is 18.2 Å². The number of urea groups is 1. The van der Waals surface area contributed by atoms with Crippen LogP contribution in [0.3, 0.4) is 0 Å². The van der Waals surface area contributed by atoms with Gasteiger partial charge in [-0.3, -0.25) is 10.1 Å². The number of imide groups is 1. The van der Waals surface area contributed by atoms with Crippen molar-refractivity contribution in [2.75, 3.05) is 27.8 Å². The van der Waals surface area contributed by atoms with Crippen LogP contribution in [0.1, 0.15) is 25.8 Å². The Kier molecular flexibility index (Phi) is 8.05. The highest BCUT2D eigenvalue weighted by Crippen LogP contribution is 2.29. The van der Waals surface area contributed by atoms with Gasteiger partial charge in [-0.05, 0) is 25.5 Å². The van der Waals surface area contributed by atoms with Gasteiger partial charge in [0.15, 0.2) is 18.0 Å². The maximum Gasteiger partial charge on any atom is 0.321 e. The van der Waals surface area contributed by atoms with Crippen molar-refractivity contribution in [1.82, 2.24) is 10.6 Å². The number of methoxy groups -OCH3 is 2. The van der Waals surface area contributed by atoms with Gasteiger partial charge in [0.25, 0.3) is 5.91 Å². The van der Waals surface area contributed by atoms with Crippen molar-refractivity contribution in [2.45, 2.75) is 32.9 Å². The van der Waals surface area contributed by atoms with Crippen LogP contribution in [0.25, 0.3) is 0 Å². The SMILES string of the molecule is CC[C@H](C)NC(=O)NC(=O)C[NH+](C)Cc1cccc(OC)c1OC. The van der Waals surface area contributed by atoms with Gasteiger partial charge in [0.1, 0.15) is 6.54 Å². The normalized spacial score (nSPS) is 12.9. The summed E-state index contributed by atoms with van der Waals surface area (Å²) < 4.78 is 10.7. The van der Waals surface area contributed by atoms with Gasteiger partial charge < -0.3 is 19.7 Å². The van der Waals surface area contributed by atoms with Crippen LogP contribution in [0.4, 0.5) is 4.79 Å². The first-order valence-corrected chi connectivity index (χ1v) is 8.02. The van der Waals surface area contributed by atoms with Gasteiger partial charge >= 0.3 is 6.03 Å². The molecule has 0 aliphatic rings. The maximum absolute atomic E-state index is 12.0. The van der Waals surface area contributed by atoms with Crippen LogP contribution in [0, 0.1) is 0 Å². The van der Waals surface area contributed by atoms with Gasteiger partial charge in [0.05, 0.1) is 26.8 Å². The molecule has 2 atom stereocenters. The van der Waals surface area contributed by atoms with Crippen molar-refractivity contribution in [3.8, 4) is 11.5 Å². The second-order valence-corrected chi connectivity index (χ2v) is 5.79. The molecule has 7 heteroatoms. The summed E-state index contributed by atoms with van der Waals surface area (Å²) in [4.78, 5) is 24.5. The molecule has 0 aliphatic carbocycles. The lowest BCUT2D eigenvalue weighted by atomic mass is 10.1. The van der Waals surface area contributed by atoms with Gasteiger partial charge in [-0.1, -0.05) is 13.0 Å². The molecule has 3 N–H and O–H groups in total. The molecule has 0 saturated carbocycles. The minimum atomic E-state index is -0.457. The van der Waals surface area contributed by atoms with Crippen molar-refractivity contribution < 1.29 is 24.0 Å². The molecule has 0 bridgehead atoms. The summed E-state index contributed by atoms with van der Waals surface area (Å²) in [6.45, 7) is 4.60. The second-order valence-electron chi connectivity index (χ2n) is 5.79. The average molecular weight is 338 g/mol. The zero-order chi connectivity index (χ0) is 18.1. The number of rotatable bonds is 8. The molecule has 7 nitrogen and oxygen atoms in total. The molecule has 134 valence electrons. The third-order valence-corrected chi connectivity index (χ3v) is 3.68. The highest BCUT2D eigenvalue weighted by atomic mass is 16.5. The molecular formula is C17H28N3O4+. The number of hydrogen-bond acceptors (Lipinski definition) is 4. The van der Waals surface area contributed by atoms with Gasteiger partial charge in [-0.2, -0.15) is 0 Å². The van der Waals surface area contributed by atoms with E-state index in [2.05, 4.69) is 10.6 Å². The Labute approximate surface area is 143 Å². The summed E-state index contributed by atoms with van der Waals surface area (Å²) in [7, 11) is 5.05. The number of amides is 3. The number of hydrogen-bond donors (Lipinski definition) is 3. The summed E-state index contributed by atoms with van der Waals surface area (Å²) in [6.07, 6.45) is 0.808. The molecule has 0 heterocycles. The predicted octanol–water partition coefficient (Wildman–Crippen LogP) is 0.343. The summed E-state index contributed by atoms with van der Waals surface area (Å²) in [5.74, 6) is 0.990. The Morgan fingerprint density at radius 2 is 1.96 bits per heavy atom. The Bertz CT molecular complexity index is 563. The zero-order valence-corrected chi connectivity index (χ0v) is 15.1. The summed E-state index contributed by atoms with van der Waals surface area (Å²) in [6, 6.07) is 5.20. The Morgan fingerprint density at radius 3 is 2.54 bits per heavy atom. The molecular weight excluding hydrogens is 310 g/mol. The summed E-state index contributed by atoms with van der Waals surface area (Å²) in [5, 5.41) is 5.05. The molecule has 0 saturated heterocycles. The first kappa shape index (κ1) is 19.8. The monoisotopic (exact) mass is 338 g/mol. The molecule has 0 aromatic heterocycles. The Morgan fingerprint density at radius 1 is 1.25 bits per heavy atom.